The summed E-state index contributed by atoms with van der Waals surface area (Å²) < 4.78 is 11.0. The van der Waals surface area contributed by atoms with Crippen LogP contribution in [0.2, 0.25) is 0 Å². The summed E-state index contributed by atoms with van der Waals surface area (Å²) in [6, 6.07) is 23.7. The normalized spacial score (nSPS) is 13.6. The second-order valence-corrected chi connectivity index (χ2v) is 7.71. The number of hydrogen-bond acceptors (Lipinski definition) is 7. The lowest BCUT2D eigenvalue weighted by Gasteiger charge is -2.24. The number of hydrogen-bond donors (Lipinski definition) is 0. The first-order valence-corrected chi connectivity index (χ1v) is 10.7. The van der Waals surface area contributed by atoms with Crippen molar-refractivity contribution in [3.8, 4) is 11.5 Å². The molecule has 0 fully saturated rings. The van der Waals surface area contributed by atoms with E-state index >= 15 is 0 Å². The van der Waals surface area contributed by atoms with Gasteiger partial charge in [-0.1, -0.05) is 60.7 Å². The summed E-state index contributed by atoms with van der Waals surface area (Å²) >= 11 is 0. The third-order valence-electron chi connectivity index (χ3n) is 5.51. The van der Waals surface area contributed by atoms with Gasteiger partial charge in [0.1, 0.15) is 6.04 Å². The van der Waals surface area contributed by atoms with Gasteiger partial charge in [-0.3, -0.25) is 14.5 Å². The molecule has 1 aliphatic rings. The molecule has 0 saturated carbocycles. The molecule has 0 saturated heterocycles. The van der Waals surface area contributed by atoms with Crippen molar-refractivity contribution in [2.24, 2.45) is 0 Å². The molecule has 0 radical (unpaired) electrons. The highest BCUT2D eigenvalue weighted by Crippen LogP contribution is 2.27. The van der Waals surface area contributed by atoms with Crippen molar-refractivity contribution in [3.05, 3.63) is 108 Å². The summed E-state index contributed by atoms with van der Waals surface area (Å²) in [4.78, 5) is 40.2. The number of fused-ring (bicyclic) bond motifs is 1. The van der Waals surface area contributed by atoms with E-state index in [4.69, 9.17) is 9.15 Å². The van der Waals surface area contributed by atoms with E-state index in [1.165, 1.54) is 0 Å². The predicted octanol–water partition coefficient (Wildman–Crippen LogP) is 3.69. The number of carbonyl (C=O) groups is 3. The van der Waals surface area contributed by atoms with Crippen molar-refractivity contribution < 1.29 is 23.5 Å². The fraction of sp³-hybridized carbons (Fsp3) is 0.115. The molecule has 1 aliphatic heterocycles. The zero-order valence-corrected chi connectivity index (χ0v) is 18.0. The third-order valence-corrected chi connectivity index (χ3v) is 5.51. The minimum atomic E-state index is -1.15. The summed E-state index contributed by atoms with van der Waals surface area (Å²) in [5.74, 6) is -1.39. The Hall–Kier alpha value is -4.59. The number of esters is 1. The Bertz CT molecular complexity index is 1320. The van der Waals surface area contributed by atoms with Crippen molar-refractivity contribution in [2.75, 3.05) is 0 Å². The maximum Gasteiger partial charge on any atom is 0.330 e. The quantitative estimate of drug-likeness (QED) is 0.311. The van der Waals surface area contributed by atoms with Crippen LogP contribution in [0, 0.1) is 0 Å². The maximum absolute atomic E-state index is 13.2. The van der Waals surface area contributed by atoms with Gasteiger partial charge in [0, 0.05) is 12.0 Å². The lowest BCUT2D eigenvalue weighted by molar-refractivity contribution is -0.150. The third kappa shape index (κ3) is 4.09. The van der Waals surface area contributed by atoms with Gasteiger partial charge in [0.15, 0.2) is 6.61 Å². The number of benzene rings is 3. The number of ether oxygens (including phenoxy) is 1. The topological polar surface area (TPSA) is 103 Å². The first-order chi connectivity index (χ1) is 16.6. The summed E-state index contributed by atoms with van der Waals surface area (Å²) in [5.41, 5.74) is 2.05. The molecule has 5 rings (SSSR count). The molecule has 1 aromatic heterocycles. The molecule has 0 unspecified atom stereocenters. The molecule has 2 amide bonds. The number of aromatic nitrogens is 2. The summed E-state index contributed by atoms with van der Waals surface area (Å²) in [6.45, 7) is -0.285. The van der Waals surface area contributed by atoms with Crippen molar-refractivity contribution in [1.29, 1.82) is 0 Å². The highest BCUT2D eigenvalue weighted by atomic mass is 16.5. The number of carbonyl (C=O) groups excluding carboxylic acids is 3. The lowest BCUT2D eigenvalue weighted by atomic mass is 10.0. The van der Waals surface area contributed by atoms with Crippen LogP contribution in [0.4, 0.5) is 0 Å². The predicted molar refractivity (Wildman–Crippen MR) is 120 cm³/mol. The summed E-state index contributed by atoms with van der Waals surface area (Å²) in [6.07, 6.45) is 0.115. The average molecular weight is 453 g/mol. The zero-order valence-electron chi connectivity index (χ0n) is 18.0. The van der Waals surface area contributed by atoms with Crippen LogP contribution in [0.1, 0.15) is 32.2 Å². The maximum atomic E-state index is 13.2. The van der Waals surface area contributed by atoms with Gasteiger partial charge in [-0.15, -0.1) is 10.2 Å². The molecule has 1 atom stereocenters. The van der Waals surface area contributed by atoms with Crippen LogP contribution >= 0.6 is 0 Å². The standard InChI is InChI=1S/C26H19N3O5/c30-24-19-13-7-8-14-20(19)25(31)29(24)21(15-17-9-3-1-4-10-17)26(32)33-16-22-27-28-23(34-22)18-11-5-2-6-12-18/h1-14,21H,15-16H2/t21-/m1/s1. The van der Waals surface area contributed by atoms with Crippen molar-refractivity contribution in [2.45, 2.75) is 19.1 Å². The second kappa shape index (κ2) is 9.11. The summed E-state index contributed by atoms with van der Waals surface area (Å²) in [5, 5.41) is 7.91. The molecule has 8 nitrogen and oxygen atoms in total. The molecule has 0 aliphatic carbocycles. The highest BCUT2D eigenvalue weighted by molar-refractivity contribution is 6.22. The number of imide groups is 1. The van der Waals surface area contributed by atoms with Gasteiger partial charge in [0.05, 0.1) is 11.1 Å². The number of rotatable bonds is 7. The van der Waals surface area contributed by atoms with E-state index in [1.54, 1.807) is 24.3 Å². The molecule has 34 heavy (non-hydrogen) atoms. The zero-order chi connectivity index (χ0) is 23.5. The van der Waals surface area contributed by atoms with E-state index in [-0.39, 0.29) is 30.0 Å². The minimum absolute atomic E-state index is 0.105. The van der Waals surface area contributed by atoms with Gasteiger partial charge in [0.25, 0.3) is 17.7 Å². The molecule has 3 aromatic carbocycles. The Labute approximate surface area is 194 Å². The minimum Gasteiger partial charge on any atom is -0.454 e. The second-order valence-electron chi connectivity index (χ2n) is 7.71. The van der Waals surface area contributed by atoms with Gasteiger partial charge >= 0.3 is 5.97 Å². The largest absolute Gasteiger partial charge is 0.454 e. The van der Waals surface area contributed by atoms with Crippen molar-refractivity contribution in [1.82, 2.24) is 15.1 Å². The van der Waals surface area contributed by atoms with Crippen LogP contribution in [0.15, 0.2) is 89.3 Å². The number of nitrogens with zero attached hydrogens (tertiary/aromatic N) is 3. The molecule has 168 valence electrons. The van der Waals surface area contributed by atoms with Crippen LogP contribution in [0.25, 0.3) is 11.5 Å². The van der Waals surface area contributed by atoms with Crippen molar-refractivity contribution in [3.63, 3.8) is 0 Å². The molecular weight excluding hydrogens is 434 g/mol. The fourth-order valence-corrected chi connectivity index (χ4v) is 3.85. The van der Waals surface area contributed by atoms with Crippen LogP contribution in [0.3, 0.4) is 0 Å². The Morgan fingerprint density at radius 1 is 0.824 bits per heavy atom. The lowest BCUT2D eigenvalue weighted by Crippen LogP contribution is -2.47. The molecule has 8 heteroatoms. The molecular formula is C26H19N3O5. The van der Waals surface area contributed by atoms with Crippen LogP contribution in [-0.4, -0.2) is 38.9 Å². The van der Waals surface area contributed by atoms with Crippen LogP contribution < -0.4 is 0 Å². The van der Waals surface area contributed by atoms with Gasteiger partial charge in [-0.2, -0.15) is 0 Å². The average Bonchev–Trinajstić information content (AvgIpc) is 3.46. The Morgan fingerprint density at radius 2 is 1.41 bits per heavy atom. The molecule has 4 aromatic rings. The highest BCUT2D eigenvalue weighted by Gasteiger charge is 2.43. The van der Waals surface area contributed by atoms with E-state index in [1.807, 2.05) is 60.7 Å². The first kappa shape index (κ1) is 21.3. The van der Waals surface area contributed by atoms with E-state index in [9.17, 15) is 14.4 Å². The molecule has 0 spiro atoms. The van der Waals surface area contributed by atoms with Crippen molar-refractivity contribution >= 4 is 17.8 Å². The molecule has 0 bridgehead atoms. The Morgan fingerprint density at radius 3 is 2.06 bits per heavy atom. The van der Waals surface area contributed by atoms with Gasteiger partial charge in [0.2, 0.25) is 5.89 Å². The smallest absolute Gasteiger partial charge is 0.330 e. The SMILES string of the molecule is O=C(OCc1nnc(-c2ccccc2)o1)[C@@H](Cc1ccccc1)N1C(=O)c2ccccc2C1=O. The summed E-state index contributed by atoms with van der Waals surface area (Å²) in [7, 11) is 0. The van der Waals surface area contributed by atoms with Gasteiger partial charge in [-0.25, -0.2) is 4.79 Å². The monoisotopic (exact) mass is 453 g/mol. The van der Waals surface area contributed by atoms with Gasteiger partial charge < -0.3 is 9.15 Å². The Balaban J connectivity index is 1.37. The van der Waals surface area contributed by atoms with E-state index in [0.29, 0.717) is 5.89 Å². The van der Waals surface area contributed by atoms with Crippen LogP contribution in [-0.2, 0) is 22.6 Å². The Kier molecular flexibility index (Phi) is 5.70. The molecule has 2 heterocycles. The number of amides is 2. The van der Waals surface area contributed by atoms with E-state index in [2.05, 4.69) is 10.2 Å². The molecule has 0 N–H and O–H groups in total. The van der Waals surface area contributed by atoms with E-state index in [0.717, 1.165) is 16.0 Å². The van der Waals surface area contributed by atoms with Gasteiger partial charge in [-0.05, 0) is 29.8 Å². The van der Waals surface area contributed by atoms with E-state index < -0.39 is 23.8 Å². The first-order valence-electron chi connectivity index (χ1n) is 10.7. The fourth-order valence-electron chi connectivity index (χ4n) is 3.85. The van der Waals surface area contributed by atoms with Crippen LogP contribution in [0.5, 0.6) is 0 Å².